The van der Waals surface area contributed by atoms with Crippen LogP contribution in [-0.4, -0.2) is 33.6 Å². The molecule has 3 N–H and O–H groups in total. The first-order valence-electron chi connectivity index (χ1n) is 7.70. The maximum absolute atomic E-state index is 13.2. The molecule has 27 heavy (non-hydrogen) atoms. The molecule has 0 aliphatic carbocycles. The van der Waals surface area contributed by atoms with Crippen molar-refractivity contribution in [3.8, 4) is 17.1 Å². The molecule has 7 nitrogen and oxygen atoms in total. The second kappa shape index (κ2) is 8.04. The summed E-state index contributed by atoms with van der Waals surface area (Å²) in [6.07, 6.45) is 0. The van der Waals surface area contributed by atoms with E-state index < -0.39 is 17.5 Å². The Hall–Kier alpha value is -3.14. The van der Waals surface area contributed by atoms with Gasteiger partial charge < -0.3 is 15.9 Å². The quantitative estimate of drug-likeness (QED) is 0.496. The van der Waals surface area contributed by atoms with E-state index >= 15 is 0 Å². The Morgan fingerprint density at radius 1 is 1.22 bits per heavy atom. The molecular weight excluding hydrogens is 376 g/mol. The lowest BCUT2D eigenvalue weighted by molar-refractivity contribution is -0.113. The first-order valence-corrected chi connectivity index (χ1v) is 8.69. The Balaban J connectivity index is 1.65. The molecule has 1 aromatic heterocycles. The predicted molar refractivity (Wildman–Crippen MR) is 97.9 cm³/mol. The van der Waals surface area contributed by atoms with Gasteiger partial charge >= 0.3 is 0 Å². The number of thioether (sulfide) groups is 1. The predicted octanol–water partition coefficient (Wildman–Crippen LogP) is 2.68. The van der Waals surface area contributed by atoms with Crippen molar-refractivity contribution in [2.75, 3.05) is 24.0 Å². The van der Waals surface area contributed by atoms with Crippen molar-refractivity contribution in [3.05, 3.63) is 54.1 Å². The number of aromatic nitrogens is 3. The summed E-state index contributed by atoms with van der Waals surface area (Å²) in [6.45, 7) is 0. The molecule has 1 amide bonds. The number of nitrogens with zero attached hydrogens (tertiary/aromatic N) is 3. The van der Waals surface area contributed by atoms with Crippen LogP contribution < -0.4 is 15.9 Å². The Labute approximate surface area is 157 Å². The number of rotatable bonds is 6. The van der Waals surface area contributed by atoms with Crippen molar-refractivity contribution in [1.29, 1.82) is 0 Å². The largest absolute Gasteiger partial charge is 0.497 e. The Bertz CT molecular complexity index is 980. The smallest absolute Gasteiger partial charge is 0.234 e. The zero-order valence-corrected chi connectivity index (χ0v) is 15.0. The van der Waals surface area contributed by atoms with Crippen molar-refractivity contribution >= 4 is 23.4 Å². The van der Waals surface area contributed by atoms with E-state index in [-0.39, 0.29) is 11.4 Å². The summed E-state index contributed by atoms with van der Waals surface area (Å²) in [5, 5.41) is 10.8. The average Bonchev–Trinajstić information content (AvgIpc) is 3.03. The Morgan fingerprint density at radius 3 is 2.78 bits per heavy atom. The monoisotopic (exact) mass is 391 g/mol. The summed E-state index contributed by atoms with van der Waals surface area (Å²) in [5.41, 5.74) is 0.869. The van der Waals surface area contributed by atoms with Crippen LogP contribution in [0.1, 0.15) is 0 Å². The molecule has 0 aliphatic rings. The molecule has 3 aromatic rings. The van der Waals surface area contributed by atoms with E-state index in [2.05, 4.69) is 15.5 Å². The van der Waals surface area contributed by atoms with Crippen molar-refractivity contribution in [1.82, 2.24) is 14.9 Å². The lowest BCUT2D eigenvalue weighted by atomic mass is 10.2. The maximum atomic E-state index is 13.2. The SMILES string of the molecule is COc1cccc(-c2nnc(SCC(=O)Nc3ccc(F)c(F)c3)n2N)c1. The summed E-state index contributed by atoms with van der Waals surface area (Å²) in [5.74, 6) is 4.60. The molecule has 1 heterocycles. The van der Waals surface area contributed by atoms with E-state index in [4.69, 9.17) is 10.6 Å². The number of nitrogen functional groups attached to an aromatic ring is 1. The van der Waals surface area contributed by atoms with Crippen molar-refractivity contribution in [2.45, 2.75) is 5.16 Å². The number of nitrogens with two attached hydrogens (primary N) is 1. The van der Waals surface area contributed by atoms with Crippen LogP contribution in [0.15, 0.2) is 47.6 Å². The van der Waals surface area contributed by atoms with Crippen molar-refractivity contribution in [3.63, 3.8) is 0 Å². The number of hydrogen-bond acceptors (Lipinski definition) is 6. The maximum Gasteiger partial charge on any atom is 0.234 e. The van der Waals surface area contributed by atoms with Crippen molar-refractivity contribution < 1.29 is 18.3 Å². The van der Waals surface area contributed by atoms with Crippen LogP contribution in [0.4, 0.5) is 14.5 Å². The van der Waals surface area contributed by atoms with Gasteiger partial charge in [-0.25, -0.2) is 13.5 Å². The van der Waals surface area contributed by atoms with Gasteiger partial charge in [0, 0.05) is 17.3 Å². The molecule has 0 spiro atoms. The summed E-state index contributed by atoms with van der Waals surface area (Å²) in [6, 6.07) is 10.3. The van der Waals surface area contributed by atoms with Crippen LogP contribution in [0.25, 0.3) is 11.4 Å². The number of amides is 1. The highest BCUT2D eigenvalue weighted by molar-refractivity contribution is 7.99. The third-order valence-corrected chi connectivity index (χ3v) is 4.47. The highest BCUT2D eigenvalue weighted by Gasteiger charge is 2.14. The number of nitrogens with one attached hydrogen (secondary N) is 1. The molecule has 0 aliphatic heterocycles. The third-order valence-electron chi connectivity index (χ3n) is 3.53. The summed E-state index contributed by atoms with van der Waals surface area (Å²) in [7, 11) is 1.55. The van der Waals surface area contributed by atoms with E-state index in [0.717, 1.165) is 23.9 Å². The minimum atomic E-state index is -1.04. The van der Waals surface area contributed by atoms with Gasteiger partial charge in [-0.1, -0.05) is 23.9 Å². The zero-order chi connectivity index (χ0) is 19.4. The van der Waals surface area contributed by atoms with Gasteiger partial charge in [0.1, 0.15) is 5.75 Å². The standard InChI is InChI=1S/C17H15F2N5O2S/c1-26-12-4-2-3-10(7-12)16-22-23-17(24(16)20)27-9-15(25)21-11-5-6-13(18)14(19)8-11/h2-8H,9,20H2,1H3,(H,21,25). The van der Waals surface area contributed by atoms with E-state index in [1.807, 2.05) is 0 Å². The van der Waals surface area contributed by atoms with Gasteiger partial charge in [0.05, 0.1) is 12.9 Å². The molecule has 0 radical (unpaired) electrons. The minimum Gasteiger partial charge on any atom is -0.497 e. The summed E-state index contributed by atoms with van der Waals surface area (Å²) >= 11 is 1.06. The molecule has 0 saturated carbocycles. The summed E-state index contributed by atoms with van der Waals surface area (Å²) in [4.78, 5) is 12.0. The van der Waals surface area contributed by atoms with Gasteiger partial charge in [-0.15, -0.1) is 10.2 Å². The molecule has 10 heteroatoms. The fourth-order valence-electron chi connectivity index (χ4n) is 2.24. The van der Waals surface area contributed by atoms with Gasteiger partial charge in [0.2, 0.25) is 11.1 Å². The molecule has 0 unspecified atom stereocenters. The number of hydrogen-bond donors (Lipinski definition) is 2. The lowest BCUT2D eigenvalue weighted by Crippen LogP contribution is -2.16. The van der Waals surface area contributed by atoms with Crippen molar-refractivity contribution in [2.24, 2.45) is 0 Å². The third kappa shape index (κ3) is 4.34. The van der Waals surface area contributed by atoms with Crippen LogP contribution in [0, 0.1) is 11.6 Å². The fourth-order valence-corrected chi connectivity index (χ4v) is 2.89. The van der Waals surface area contributed by atoms with E-state index in [9.17, 15) is 13.6 Å². The number of halogens is 2. The molecular formula is C17H15F2N5O2S. The Kier molecular flexibility index (Phi) is 5.55. The highest BCUT2D eigenvalue weighted by Crippen LogP contribution is 2.24. The first kappa shape index (κ1) is 18.6. The van der Waals surface area contributed by atoms with E-state index in [1.165, 1.54) is 10.7 Å². The van der Waals surface area contributed by atoms with Crippen LogP contribution in [0.3, 0.4) is 0 Å². The minimum absolute atomic E-state index is 0.0353. The lowest BCUT2D eigenvalue weighted by Gasteiger charge is -2.06. The highest BCUT2D eigenvalue weighted by atomic mass is 32.2. The van der Waals surface area contributed by atoms with Crippen LogP contribution in [-0.2, 0) is 4.79 Å². The normalized spacial score (nSPS) is 10.6. The van der Waals surface area contributed by atoms with Gasteiger partial charge in [0.15, 0.2) is 17.5 Å². The zero-order valence-electron chi connectivity index (χ0n) is 14.1. The van der Waals surface area contributed by atoms with Gasteiger partial charge in [-0.2, -0.15) is 0 Å². The van der Waals surface area contributed by atoms with Gasteiger partial charge in [-0.05, 0) is 24.3 Å². The molecule has 0 fully saturated rings. The molecule has 2 aromatic carbocycles. The molecule has 0 atom stereocenters. The van der Waals surface area contributed by atoms with Gasteiger partial charge in [0.25, 0.3) is 0 Å². The second-order valence-corrected chi connectivity index (χ2v) is 6.32. The summed E-state index contributed by atoms with van der Waals surface area (Å²) < 4.78 is 32.5. The number of ether oxygens (including phenoxy) is 1. The van der Waals surface area contributed by atoms with Crippen LogP contribution in [0.5, 0.6) is 5.75 Å². The van der Waals surface area contributed by atoms with E-state index in [1.54, 1.807) is 31.4 Å². The van der Waals surface area contributed by atoms with E-state index in [0.29, 0.717) is 22.3 Å². The molecule has 0 saturated heterocycles. The van der Waals surface area contributed by atoms with Crippen LogP contribution >= 0.6 is 11.8 Å². The molecule has 0 bridgehead atoms. The molecule has 140 valence electrons. The average molecular weight is 391 g/mol. The number of anilines is 1. The topological polar surface area (TPSA) is 95.1 Å². The number of carbonyl (C=O) groups is 1. The number of benzene rings is 2. The fraction of sp³-hybridized carbons (Fsp3) is 0.118. The second-order valence-electron chi connectivity index (χ2n) is 5.37. The Morgan fingerprint density at radius 2 is 2.04 bits per heavy atom. The first-order chi connectivity index (χ1) is 13.0. The van der Waals surface area contributed by atoms with Gasteiger partial charge in [-0.3, -0.25) is 4.79 Å². The number of methoxy groups -OCH3 is 1. The molecule has 3 rings (SSSR count). The van der Waals surface area contributed by atoms with Crippen LogP contribution in [0.2, 0.25) is 0 Å². The number of carbonyl (C=O) groups excluding carboxylic acids is 1.